The fraction of sp³-hybridized carbons (Fsp3) is 0. The van der Waals surface area contributed by atoms with Crippen molar-refractivity contribution in [2.45, 2.75) is 0 Å². The van der Waals surface area contributed by atoms with E-state index in [0.29, 0.717) is 5.75 Å². The molecule has 0 radical (unpaired) electrons. The minimum Gasteiger partial charge on any atom is -0.436 e. The summed E-state index contributed by atoms with van der Waals surface area (Å²) >= 11 is 6.24. The number of hydrogen-bond donors (Lipinski definition) is 0. The second-order valence-electron chi connectivity index (χ2n) is 9.65. The van der Waals surface area contributed by atoms with Gasteiger partial charge in [-0.2, -0.15) is 0 Å². The van der Waals surface area contributed by atoms with E-state index in [2.05, 4.69) is 116 Å². The third-order valence-electron chi connectivity index (χ3n) is 7.40. The van der Waals surface area contributed by atoms with Gasteiger partial charge < -0.3 is 13.9 Å². The summed E-state index contributed by atoms with van der Waals surface area (Å²) < 4.78 is 10.8. The summed E-state index contributed by atoms with van der Waals surface area (Å²) in [7, 11) is 0. The van der Waals surface area contributed by atoms with Crippen LogP contribution in [0.1, 0.15) is 0 Å². The highest BCUT2D eigenvalue weighted by molar-refractivity contribution is 6.30. The number of halogens is 1. The number of nitrogens with zero attached hydrogens (tertiary/aromatic N) is 4. The Morgan fingerprint density at radius 2 is 1.25 bits per heavy atom. The molecule has 0 aliphatic carbocycles. The van der Waals surface area contributed by atoms with Crippen molar-refractivity contribution in [3.05, 3.63) is 133 Å². The van der Waals surface area contributed by atoms with Crippen molar-refractivity contribution in [1.29, 1.82) is 0 Å². The van der Waals surface area contributed by atoms with E-state index in [-0.39, 0.29) is 11.0 Å². The smallest absolute Gasteiger partial charge is 0.257 e. The molecule has 3 heterocycles. The number of para-hydroxylation sites is 3. The van der Waals surface area contributed by atoms with Gasteiger partial charge in [0.25, 0.3) is 5.88 Å². The first kappa shape index (κ1) is 22.8. The number of hydrogen-bond acceptors (Lipinski definition) is 3. The van der Waals surface area contributed by atoms with Gasteiger partial charge in [-0.1, -0.05) is 78.3 Å². The van der Waals surface area contributed by atoms with E-state index in [0.717, 1.165) is 27.9 Å². The van der Waals surface area contributed by atoms with Gasteiger partial charge in [0, 0.05) is 51.4 Å². The summed E-state index contributed by atoms with van der Waals surface area (Å²) in [5, 5.41) is 5.02. The maximum atomic E-state index is 6.24. The summed E-state index contributed by atoms with van der Waals surface area (Å²) in [4.78, 5) is 8.34. The van der Waals surface area contributed by atoms with Crippen LogP contribution in [0.2, 0.25) is 5.15 Å². The van der Waals surface area contributed by atoms with E-state index in [1.165, 1.54) is 27.1 Å². The molecule has 0 aliphatic rings. The van der Waals surface area contributed by atoms with E-state index in [1.807, 2.05) is 18.2 Å². The molecule has 5 aromatic carbocycles. The molecular formula is C34H21ClN4O. The molecule has 0 N–H and O–H groups in total. The van der Waals surface area contributed by atoms with Crippen molar-refractivity contribution >= 4 is 55.2 Å². The van der Waals surface area contributed by atoms with Crippen LogP contribution in [0.5, 0.6) is 11.6 Å². The van der Waals surface area contributed by atoms with Crippen molar-refractivity contribution in [2.24, 2.45) is 0 Å². The Labute approximate surface area is 234 Å². The molecule has 6 heteroatoms. The average Bonchev–Trinajstić information content (AvgIpc) is 3.52. The first-order valence-corrected chi connectivity index (χ1v) is 13.4. The van der Waals surface area contributed by atoms with Crippen molar-refractivity contribution in [3.8, 4) is 23.0 Å². The third kappa shape index (κ3) is 3.42. The van der Waals surface area contributed by atoms with E-state index in [9.17, 15) is 0 Å². The summed E-state index contributed by atoms with van der Waals surface area (Å²) in [6.45, 7) is 0. The Kier molecular flexibility index (Phi) is 5.12. The van der Waals surface area contributed by atoms with E-state index in [1.54, 1.807) is 12.4 Å². The molecule has 8 aromatic rings. The van der Waals surface area contributed by atoms with E-state index < -0.39 is 0 Å². The second-order valence-corrected chi connectivity index (χ2v) is 10.0. The normalized spacial score (nSPS) is 11.6. The van der Waals surface area contributed by atoms with Gasteiger partial charge in [0.1, 0.15) is 5.75 Å². The zero-order chi connectivity index (χ0) is 26.6. The Bertz CT molecular complexity index is 2220. The summed E-state index contributed by atoms with van der Waals surface area (Å²) in [6.07, 6.45) is 3.11. The lowest BCUT2D eigenvalue weighted by Crippen LogP contribution is -1.96. The molecule has 190 valence electrons. The summed E-state index contributed by atoms with van der Waals surface area (Å²) in [5.41, 5.74) is 6.71. The fourth-order valence-electron chi connectivity index (χ4n) is 5.81. The molecule has 40 heavy (non-hydrogen) atoms. The molecular weight excluding hydrogens is 516 g/mol. The molecule has 0 amide bonds. The Morgan fingerprint density at radius 3 is 2.08 bits per heavy atom. The van der Waals surface area contributed by atoms with Gasteiger partial charge in [0.05, 0.1) is 22.1 Å². The maximum absolute atomic E-state index is 6.24. The van der Waals surface area contributed by atoms with Crippen LogP contribution >= 0.6 is 11.6 Å². The first-order chi connectivity index (χ1) is 19.8. The number of benzene rings is 5. The van der Waals surface area contributed by atoms with Crippen LogP contribution in [-0.2, 0) is 0 Å². The van der Waals surface area contributed by atoms with Gasteiger partial charge >= 0.3 is 0 Å². The highest BCUT2D eigenvalue weighted by atomic mass is 35.5. The van der Waals surface area contributed by atoms with Crippen LogP contribution in [0.4, 0.5) is 0 Å². The highest BCUT2D eigenvalue weighted by Gasteiger charge is 2.20. The first-order valence-electron chi connectivity index (χ1n) is 13.0. The van der Waals surface area contributed by atoms with Crippen LogP contribution < -0.4 is 4.74 Å². The monoisotopic (exact) mass is 536 g/mol. The van der Waals surface area contributed by atoms with Crippen LogP contribution in [0.3, 0.4) is 0 Å². The van der Waals surface area contributed by atoms with Crippen LogP contribution in [0.25, 0.3) is 55.0 Å². The molecule has 0 aliphatic heterocycles. The number of ether oxygens (including phenoxy) is 1. The van der Waals surface area contributed by atoms with Crippen molar-refractivity contribution < 1.29 is 4.74 Å². The zero-order valence-electron chi connectivity index (χ0n) is 21.2. The highest BCUT2D eigenvalue weighted by Crippen LogP contribution is 2.42. The lowest BCUT2D eigenvalue weighted by Gasteiger charge is -2.12. The fourth-order valence-corrected chi connectivity index (χ4v) is 5.95. The maximum Gasteiger partial charge on any atom is 0.257 e. The average molecular weight is 537 g/mol. The Hall–Kier alpha value is -5.13. The lowest BCUT2D eigenvalue weighted by molar-refractivity contribution is 0.460. The minimum absolute atomic E-state index is 0.222. The molecule has 0 saturated heterocycles. The minimum atomic E-state index is 0.222. The largest absolute Gasteiger partial charge is 0.436 e. The molecule has 3 aromatic heterocycles. The van der Waals surface area contributed by atoms with Crippen LogP contribution in [0.15, 0.2) is 128 Å². The van der Waals surface area contributed by atoms with Crippen LogP contribution in [-0.4, -0.2) is 19.1 Å². The molecule has 5 nitrogen and oxygen atoms in total. The SMILES string of the molecule is Clc1nccnc1Oc1cccc(-n2c3ccccc3c3ccc4c(c5ccccc5n4-c4ccccc4)c32)c1. The van der Waals surface area contributed by atoms with Crippen molar-refractivity contribution in [3.63, 3.8) is 0 Å². The van der Waals surface area contributed by atoms with Crippen LogP contribution in [0, 0.1) is 0 Å². The van der Waals surface area contributed by atoms with Gasteiger partial charge in [-0.25, -0.2) is 9.97 Å². The predicted octanol–water partition coefficient (Wildman–Crippen LogP) is 9.12. The van der Waals surface area contributed by atoms with E-state index >= 15 is 0 Å². The van der Waals surface area contributed by atoms with Crippen molar-refractivity contribution in [1.82, 2.24) is 19.1 Å². The third-order valence-corrected chi connectivity index (χ3v) is 7.66. The van der Waals surface area contributed by atoms with Crippen molar-refractivity contribution in [2.75, 3.05) is 0 Å². The summed E-state index contributed by atoms with van der Waals surface area (Å²) in [5.74, 6) is 0.904. The number of fused-ring (bicyclic) bond motifs is 7. The number of aromatic nitrogens is 4. The second kappa shape index (κ2) is 8.97. The Balaban J connectivity index is 1.47. The molecule has 0 atom stereocenters. The summed E-state index contributed by atoms with van der Waals surface area (Å²) in [6, 6.07) is 40.2. The number of rotatable bonds is 4. The Morgan fingerprint density at radius 1 is 0.550 bits per heavy atom. The van der Waals surface area contributed by atoms with Gasteiger partial charge in [-0.3, -0.25) is 0 Å². The van der Waals surface area contributed by atoms with Gasteiger partial charge in [0.2, 0.25) is 0 Å². The standard InChI is InChI=1S/C34H21ClN4O/c35-33-34(37-20-19-36-33)40-24-12-8-11-23(21-24)39-28-15-6-4-13-25(28)26-17-18-30-31(32(26)39)27-14-5-7-16-29(27)38(30)22-9-2-1-3-10-22/h1-21H. The van der Waals surface area contributed by atoms with E-state index in [4.69, 9.17) is 16.3 Å². The molecule has 0 spiro atoms. The molecule has 8 rings (SSSR count). The molecule has 0 fully saturated rings. The lowest BCUT2D eigenvalue weighted by atomic mass is 10.1. The van der Waals surface area contributed by atoms with Gasteiger partial charge in [0.15, 0.2) is 5.15 Å². The van der Waals surface area contributed by atoms with Gasteiger partial charge in [-0.15, -0.1) is 0 Å². The zero-order valence-corrected chi connectivity index (χ0v) is 22.0. The molecule has 0 unspecified atom stereocenters. The molecule has 0 saturated carbocycles. The topological polar surface area (TPSA) is 44.9 Å². The quantitative estimate of drug-likeness (QED) is 0.225. The molecule has 0 bridgehead atoms. The predicted molar refractivity (Wildman–Crippen MR) is 162 cm³/mol. The van der Waals surface area contributed by atoms with Gasteiger partial charge in [-0.05, 0) is 42.5 Å².